The van der Waals surface area contributed by atoms with Crippen molar-refractivity contribution in [1.82, 2.24) is 4.90 Å². The molecule has 1 aliphatic heterocycles. The maximum Gasteiger partial charge on any atom is 0.137 e. The maximum absolute atomic E-state index is 11.2. The molecule has 0 aromatic heterocycles. The molecule has 0 bridgehead atoms. The van der Waals surface area contributed by atoms with E-state index in [1.165, 1.54) is 0 Å². The van der Waals surface area contributed by atoms with Crippen LogP contribution in [0.5, 0.6) is 0 Å². The lowest BCUT2D eigenvalue weighted by molar-refractivity contribution is -0.116. The van der Waals surface area contributed by atoms with E-state index in [-0.39, 0.29) is 12.1 Å². The van der Waals surface area contributed by atoms with Gasteiger partial charge in [0.2, 0.25) is 0 Å². The van der Waals surface area contributed by atoms with E-state index in [9.17, 15) is 9.59 Å². The van der Waals surface area contributed by atoms with Crippen LogP contribution in [0.25, 0.3) is 0 Å². The molecular formula is C14H17NO2. The van der Waals surface area contributed by atoms with Crippen molar-refractivity contribution < 1.29 is 9.59 Å². The van der Waals surface area contributed by atoms with Gasteiger partial charge >= 0.3 is 0 Å². The van der Waals surface area contributed by atoms with Crippen molar-refractivity contribution in [3.63, 3.8) is 0 Å². The van der Waals surface area contributed by atoms with Gasteiger partial charge in [0.25, 0.3) is 0 Å². The Kier molecular flexibility index (Phi) is 4.04. The normalized spacial score (nSPS) is 22.2. The maximum atomic E-state index is 11.2. The molecule has 1 aromatic carbocycles. The molecule has 3 heteroatoms. The Balaban J connectivity index is 2.06. The standard InChI is InChI=1S/C14H17NO2/c16-10-13-7-4-8-15(13)14(11-17)9-12-5-2-1-3-6-12/h1-3,5-6,10-11,13-14H,4,7-9H2. The molecule has 2 rings (SSSR count). The van der Waals surface area contributed by atoms with E-state index in [1.54, 1.807) is 0 Å². The van der Waals surface area contributed by atoms with Gasteiger partial charge in [-0.3, -0.25) is 4.90 Å². The van der Waals surface area contributed by atoms with Gasteiger partial charge in [0.05, 0.1) is 12.1 Å². The summed E-state index contributed by atoms with van der Waals surface area (Å²) in [5.74, 6) is 0. The monoisotopic (exact) mass is 231 g/mol. The molecule has 1 fully saturated rings. The van der Waals surface area contributed by atoms with E-state index in [4.69, 9.17) is 0 Å². The number of rotatable bonds is 5. The largest absolute Gasteiger partial charge is 0.302 e. The Morgan fingerprint density at radius 3 is 2.71 bits per heavy atom. The zero-order chi connectivity index (χ0) is 12.1. The molecule has 0 radical (unpaired) electrons. The average molecular weight is 231 g/mol. The number of carbonyl (C=O) groups is 2. The van der Waals surface area contributed by atoms with E-state index in [1.807, 2.05) is 35.2 Å². The van der Waals surface area contributed by atoms with Gasteiger partial charge in [0.15, 0.2) is 0 Å². The fraction of sp³-hybridized carbons (Fsp3) is 0.429. The summed E-state index contributed by atoms with van der Waals surface area (Å²) >= 11 is 0. The number of hydrogen-bond donors (Lipinski definition) is 0. The summed E-state index contributed by atoms with van der Waals surface area (Å²) < 4.78 is 0. The minimum Gasteiger partial charge on any atom is -0.302 e. The van der Waals surface area contributed by atoms with Crippen LogP contribution in [0.3, 0.4) is 0 Å². The second-order valence-electron chi connectivity index (χ2n) is 4.48. The number of carbonyl (C=O) groups excluding carboxylic acids is 2. The lowest BCUT2D eigenvalue weighted by Crippen LogP contribution is -2.42. The third-order valence-electron chi connectivity index (χ3n) is 3.37. The molecule has 90 valence electrons. The molecule has 3 nitrogen and oxygen atoms in total. The van der Waals surface area contributed by atoms with Crippen molar-refractivity contribution in [3.05, 3.63) is 35.9 Å². The predicted octanol–water partition coefficient (Wildman–Crippen LogP) is 1.46. The Hall–Kier alpha value is -1.48. The van der Waals surface area contributed by atoms with Gasteiger partial charge in [0, 0.05) is 0 Å². The molecule has 0 saturated carbocycles. The summed E-state index contributed by atoms with van der Waals surface area (Å²) in [4.78, 5) is 24.2. The molecule has 1 aromatic rings. The van der Waals surface area contributed by atoms with Crippen molar-refractivity contribution in [2.75, 3.05) is 6.54 Å². The van der Waals surface area contributed by atoms with Gasteiger partial charge in [-0.05, 0) is 31.4 Å². The fourth-order valence-corrected chi connectivity index (χ4v) is 2.47. The van der Waals surface area contributed by atoms with E-state index < -0.39 is 0 Å². The molecule has 0 spiro atoms. The third kappa shape index (κ3) is 2.80. The van der Waals surface area contributed by atoms with E-state index in [0.717, 1.165) is 37.5 Å². The van der Waals surface area contributed by atoms with E-state index in [0.29, 0.717) is 6.42 Å². The Morgan fingerprint density at radius 1 is 1.29 bits per heavy atom. The van der Waals surface area contributed by atoms with Crippen molar-refractivity contribution >= 4 is 12.6 Å². The number of benzene rings is 1. The summed E-state index contributed by atoms with van der Waals surface area (Å²) in [6, 6.07) is 9.69. The van der Waals surface area contributed by atoms with Crippen LogP contribution in [-0.4, -0.2) is 36.1 Å². The zero-order valence-electron chi connectivity index (χ0n) is 9.79. The number of aldehydes is 2. The molecule has 2 unspecified atom stereocenters. The molecule has 1 heterocycles. The van der Waals surface area contributed by atoms with Crippen LogP contribution in [0.15, 0.2) is 30.3 Å². The highest BCUT2D eigenvalue weighted by Gasteiger charge is 2.30. The quantitative estimate of drug-likeness (QED) is 0.720. The van der Waals surface area contributed by atoms with Crippen LogP contribution in [0.1, 0.15) is 18.4 Å². The summed E-state index contributed by atoms with van der Waals surface area (Å²) in [6.07, 6.45) is 4.50. The summed E-state index contributed by atoms with van der Waals surface area (Å²) in [5.41, 5.74) is 1.14. The second kappa shape index (κ2) is 5.73. The smallest absolute Gasteiger partial charge is 0.137 e. The zero-order valence-corrected chi connectivity index (χ0v) is 9.79. The Morgan fingerprint density at radius 2 is 2.06 bits per heavy atom. The molecule has 1 saturated heterocycles. The first kappa shape index (κ1) is 12.0. The molecule has 2 atom stereocenters. The van der Waals surface area contributed by atoms with Gasteiger partial charge in [-0.25, -0.2) is 0 Å². The van der Waals surface area contributed by atoms with Gasteiger partial charge in [0.1, 0.15) is 12.6 Å². The second-order valence-corrected chi connectivity index (χ2v) is 4.48. The lowest BCUT2D eigenvalue weighted by Gasteiger charge is -2.26. The SMILES string of the molecule is O=CC1CCCN1C(C=O)Cc1ccccc1. The van der Waals surface area contributed by atoms with Crippen molar-refractivity contribution in [2.45, 2.75) is 31.3 Å². The van der Waals surface area contributed by atoms with Gasteiger partial charge in [-0.2, -0.15) is 0 Å². The topological polar surface area (TPSA) is 37.4 Å². The highest BCUT2D eigenvalue weighted by atomic mass is 16.1. The van der Waals surface area contributed by atoms with Crippen LogP contribution in [0, 0.1) is 0 Å². The number of likely N-dealkylation sites (tertiary alicyclic amines) is 1. The van der Waals surface area contributed by atoms with Crippen LogP contribution >= 0.6 is 0 Å². The minimum atomic E-state index is -0.171. The van der Waals surface area contributed by atoms with Gasteiger partial charge in [-0.1, -0.05) is 30.3 Å². The van der Waals surface area contributed by atoms with Crippen LogP contribution in [0.4, 0.5) is 0 Å². The lowest BCUT2D eigenvalue weighted by atomic mass is 10.1. The van der Waals surface area contributed by atoms with Crippen LogP contribution in [-0.2, 0) is 16.0 Å². The van der Waals surface area contributed by atoms with Crippen molar-refractivity contribution in [2.24, 2.45) is 0 Å². The minimum absolute atomic E-state index is 0.0751. The van der Waals surface area contributed by atoms with E-state index >= 15 is 0 Å². The molecule has 17 heavy (non-hydrogen) atoms. The fourth-order valence-electron chi connectivity index (χ4n) is 2.47. The van der Waals surface area contributed by atoms with E-state index in [2.05, 4.69) is 0 Å². The van der Waals surface area contributed by atoms with Crippen molar-refractivity contribution in [3.8, 4) is 0 Å². The summed E-state index contributed by atoms with van der Waals surface area (Å²) in [7, 11) is 0. The molecular weight excluding hydrogens is 214 g/mol. The summed E-state index contributed by atoms with van der Waals surface area (Å²) in [5, 5.41) is 0. The molecule has 0 N–H and O–H groups in total. The molecule has 0 amide bonds. The first-order valence-electron chi connectivity index (χ1n) is 6.05. The third-order valence-corrected chi connectivity index (χ3v) is 3.37. The van der Waals surface area contributed by atoms with Gasteiger partial charge in [-0.15, -0.1) is 0 Å². The molecule has 1 aliphatic rings. The van der Waals surface area contributed by atoms with Crippen LogP contribution in [0.2, 0.25) is 0 Å². The van der Waals surface area contributed by atoms with Crippen LogP contribution < -0.4 is 0 Å². The number of nitrogens with zero attached hydrogens (tertiary/aromatic N) is 1. The summed E-state index contributed by atoms with van der Waals surface area (Å²) in [6.45, 7) is 0.847. The number of hydrogen-bond acceptors (Lipinski definition) is 3. The predicted molar refractivity (Wildman–Crippen MR) is 65.8 cm³/mol. The first-order chi connectivity index (χ1) is 8.35. The average Bonchev–Trinajstić information content (AvgIpc) is 2.85. The molecule has 0 aliphatic carbocycles. The first-order valence-corrected chi connectivity index (χ1v) is 6.05. The highest BCUT2D eigenvalue weighted by molar-refractivity contribution is 5.63. The van der Waals surface area contributed by atoms with Crippen molar-refractivity contribution in [1.29, 1.82) is 0 Å². The van der Waals surface area contributed by atoms with Gasteiger partial charge < -0.3 is 9.59 Å². The Bertz CT molecular complexity index is 377. The Labute approximate surface area is 101 Å². The highest BCUT2D eigenvalue weighted by Crippen LogP contribution is 2.20.